The summed E-state index contributed by atoms with van der Waals surface area (Å²) in [5.41, 5.74) is 1.77. The van der Waals surface area contributed by atoms with E-state index in [1.54, 1.807) is 50.4 Å². The van der Waals surface area contributed by atoms with Crippen molar-refractivity contribution in [2.75, 3.05) is 11.9 Å². The highest BCUT2D eigenvalue weighted by molar-refractivity contribution is 5.98. The van der Waals surface area contributed by atoms with E-state index in [2.05, 4.69) is 0 Å². The van der Waals surface area contributed by atoms with Crippen LogP contribution < -0.4 is 4.90 Å². The zero-order valence-corrected chi connectivity index (χ0v) is 13.1. The summed E-state index contributed by atoms with van der Waals surface area (Å²) in [6.07, 6.45) is -0.898. The van der Waals surface area contributed by atoms with Gasteiger partial charge in [0.2, 0.25) is 0 Å². The predicted molar refractivity (Wildman–Crippen MR) is 87.1 cm³/mol. The number of amides is 1. The molecular weight excluding hydrogens is 294 g/mol. The number of carbonyl (C=O) groups excluding carboxylic acids is 2. The number of rotatable bonds is 5. The molecule has 1 atom stereocenters. The molecule has 0 bridgehead atoms. The summed E-state index contributed by atoms with van der Waals surface area (Å²) >= 11 is 0. The number of para-hydroxylation sites is 1. The molecule has 0 fully saturated rings. The molecule has 0 spiro atoms. The Kier molecular flexibility index (Phi) is 5.49. The molecule has 2 aromatic carbocycles. The van der Waals surface area contributed by atoms with Crippen LogP contribution in [0, 0.1) is 0 Å². The number of ether oxygens (including phenoxy) is 1. The molecule has 0 unspecified atom stereocenters. The first-order chi connectivity index (χ1) is 11.0. The van der Waals surface area contributed by atoms with Crippen molar-refractivity contribution in [2.24, 2.45) is 0 Å². The van der Waals surface area contributed by atoms with E-state index >= 15 is 0 Å². The van der Waals surface area contributed by atoms with Crippen LogP contribution in [0.15, 0.2) is 54.6 Å². The fraction of sp³-hybridized carbons (Fsp3) is 0.222. The lowest BCUT2D eigenvalue weighted by Crippen LogP contribution is -2.37. The third-order valence-electron chi connectivity index (χ3n) is 3.48. The van der Waals surface area contributed by atoms with Crippen molar-refractivity contribution in [2.45, 2.75) is 19.6 Å². The van der Waals surface area contributed by atoms with Crippen LogP contribution in [0.4, 0.5) is 5.69 Å². The lowest BCUT2D eigenvalue weighted by molar-refractivity contribution is -0.126. The molecule has 2 rings (SSSR count). The van der Waals surface area contributed by atoms with Crippen molar-refractivity contribution >= 4 is 17.6 Å². The van der Waals surface area contributed by atoms with Crippen molar-refractivity contribution in [3.05, 3.63) is 65.7 Å². The van der Waals surface area contributed by atoms with E-state index in [4.69, 9.17) is 9.84 Å². The molecule has 23 heavy (non-hydrogen) atoms. The molecule has 0 aliphatic carbocycles. The average molecular weight is 313 g/mol. The van der Waals surface area contributed by atoms with Gasteiger partial charge in [-0.3, -0.25) is 4.79 Å². The van der Waals surface area contributed by atoms with E-state index in [0.717, 1.165) is 5.69 Å². The maximum Gasteiger partial charge on any atom is 0.338 e. The molecule has 5 heteroatoms. The first kappa shape index (κ1) is 16.7. The molecule has 0 saturated heterocycles. The Balaban J connectivity index is 2.01. The van der Waals surface area contributed by atoms with Crippen LogP contribution in [-0.2, 0) is 16.1 Å². The lowest BCUT2D eigenvalue weighted by atomic mass is 10.1. The van der Waals surface area contributed by atoms with E-state index in [1.807, 2.05) is 18.2 Å². The highest BCUT2D eigenvalue weighted by atomic mass is 16.5. The van der Waals surface area contributed by atoms with Gasteiger partial charge in [0, 0.05) is 12.7 Å². The van der Waals surface area contributed by atoms with Crippen LogP contribution in [0.1, 0.15) is 22.8 Å². The molecule has 0 aliphatic rings. The van der Waals surface area contributed by atoms with Gasteiger partial charge in [0.15, 0.2) is 6.10 Å². The fourth-order valence-corrected chi connectivity index (χ4v) is 2.08. The Morgan fingerprint density at radius 1 is 1.09 bits per heavy atom. The molecule has 0 saturated carbocycles. The zero-order chi connectivity index (χ0) is 16.8. The number of esters is 1. The second kappa shape index (κ2) is 7.56. The summed E-state index contributed by atoms with van der Waals surface area (Å²) in [5.74, 6) is -0.881. The third kappa shape index (κ3) is 4.17. The molecule has 1 N–H and O–H groups in total. The summed E-state index contributed by atoms with van der Waals surface area (Å²) < 4.78 is 5.22. The first-order valence-electron chi connectivity index (χ1n) is 7.26. The van der Waals surface area contributed by atoms with E-state index in [1.165, 1.54) is 4.90 Å². The number of nitrogens with zero attached hydrogens (tertiary/aromatic N) is 1. The molecule has 0 aromatic heterocycles. The Bertz CT molecular complexity index is 667. The van der Waals surface area contributed by atoms with Crippen LogP contribution in [0.3, 0.4) is 0 Å². The topological polar surface area (TPSA) is 66.8 Å². The van der Waals surface area contributed by atoms with Gasteiger partial charge in [-0.25, -0.2) is 4.79 Å². The Hall–Kier alpha value is -2.66. The van der Waals surface area contributed by atoms with E-state index in [9.17, 15) is 9.59 Å². The minimum atomic E-state index is -0.898. The number of likely N-dealkylation sites (N-methyl/N-ethyl adjacent to an activating group) is 1. The maximum atomic E-state index is 12.3. The lowest BCUT2D eigenvalue weighted by Gasteiger charge is -2.21. The SMILES string of the molecule is C[C@@H](OC(=O)c1ccc(CO)cc1)C(=O)N(C)c1ccccc1. The van der Waals surface area contributed by atoms with Gasteiger partial charge in [0.1, 0.15) is 0 Å². The number of benzene rings is 2. The number of hydrogen-bond acceptors (Lipinski definition) is 4. The zero-order valence-electron chi connectivity index (χ0n) is 13.1. The molecule has 120 valence electrons. The predicted octanol–water partition coefficient (Wildman–Crippen LogP) is 2.39. The molecular formula is C18H19NO4. The van der Waals surface area contributed by atoms with Crippen molar-refractivity contribution < 1.29 is 19.4 Å². The summed E-state index contributed by atoms with van der Waals surface area (Å²) in [6, 6.07) is 15.5. The van der Waals surface area contributed by atoms with Crippen LogP contribution in [0.2, 0.25) is 0 Å². The highest BCUT2D eigenvalue weighted by Gasteiger charge is 2.23. The van der Waals surface area contributed by atoms with Gasteiger partial charge < -0.3 is 14.7 Å². The van der Waals surface area contributed by atoms with Gasteiger partial charge in [-0.2, -0.15) is 0 Å². The molecule has 2 aromatic rings. The summed E-state index contributed by atoms with van der Waals surface area (Å²) in [4.78, 5) is 25.8. The maximum absolute atomic E-state index is 12.3. The number of anilines is 1. The number of aliphatic hydroxyl groups excluding tert-OH is 1. The van der Waals surface area contributed by atoms with E-state index < -0.39 is 12.1 Å². The molecule has 0 heterocycles. The van der Waals surface area contributed by atoms with E-state index in [0.29, 0.717) is 11.1 Å². The highest BCUT2D eigenvalue weighted by Crippen LogP contribution is 2.14. The minimum absolute atomic E-state index is 0.0912. The Morgan fingerprint density at radius 3 is 2.26 bits per heavy atom. The molecule has 0 radical (unpaired) electrons. The smallest absolute Gasteiger partial charge is 0.338 e. The number of aliphatic hydroxyl groups is 1. The second-order valence-electron chi connectivity index (χ2n) is 5.14. The van der Waals surface area contributed by atoms with Gasteiger partial charge in [0.25, 0.3) is 5.91 Å². The number of hydrogen-bond donors (Lipinski definition) is 1. The van der Waals surface area contributed by atoms with Crippen LogP contribution in [0.25, 0.3) is 0 Å². The molecule has 1 amide bonds. The quantitative estimate of drug-likeness (QED) is 0.861. The summed E-state index contributed by atoms with van der Waals surface area (Å²) in [6.45, 7) is 1.45. The number of carbonyl (C=O) groups is 2. The van der Waals surface area contributed by atoms with E-state index in [-0.39, 0.29) is 12.5 Å². The monoisotopic (exact) mass is 313 g/mol. The minimum Gasteiger partial charge on any atom is -0.449 e. The van der Waals surface area contributed by atoms with Crippen molar-refractivity contribution in [1.82, 2.24) is 0 Å². The first-order valence-corrected chi connectivity index (χ1v) is 7.26. The van der Waals surface area contributed by atoms with Crippen molar-refractivity contribution in [3.8, 4) is 0 Å². The van der Waals surface area contributed by atoms with Gasteiger partial charge >= 0.3 is 5.97 Å². The Morgan fingerprint density at radius 2 is 1.70 bits per heavy atom. The second-order valence-corrected chi connectivity index (χ2v) is 5.14. The van der Waals surface area contributed by atoms with Gasteiger partial charge in [-0.05, 0) is 36.8 Å². The van der Waals surface area contributed by atoms with Crippen molar-refractivity contribution in [1.29, 1.82) is 0 Å². The largest absolute Gasteiger partial charge is 0.449 e. The van der Waals surface area contributed by atoms with Gasteiger partial charge in [-0.1, -0.05) is 30.3 Å². The van der Waals surface area contributed by atoms with Crippen LogP contribution in [-0.4, -0.2) is 30.1 Å². The van der Waals surface area contributed by atoms with Crippen LogP contribution >= 0.6 is 0 Å². The standard InChI is InChI=1S/C18H19NO4/c1-13(17(21)19(2)16-6-4-3-5-7-16)23-18(22)15-10-8-14(12-20)9-11-15/h3-11,13,20H,12H2,1-2H3/t13-/m1/s1. The van der Waals surface area contributed by atoms with Gasteiger partial charge in [0.05, 0.1) is 12.2 Å². The molecule has 0 aliphatic heterocycles. The van der Waals surface area contributed by atoms with Gasteiger partial charge in [-0.15, -0.1) is 0 Å². The summed E-state index contributed by atoms with van der Waals surface area (Å²) in [5, 5.41) is 8.99. The summed E-state index contributed by atoms with van der Waals surface area (Å²) in [7, 11) is 1.64. The van der Waals surface area contributed by atoms with Crippen molar-refractivity contribution in [3.63, 3.8) is 0 Å². The average Bonchev–Trinajstić information content (AvgIpc) is 2.61. The normalized spacial score (nSPS) is 11.6. The Labute approximate surface area is 135 Å². The van der Waals surface area contributed by atoms with Crippen LogP contribution in [0.5, 0.6) is 0 Å². The third-order valence-corrected chi connectivity index (χ3v) is 3.48. The fourth-order valence-electron chi connectivity index (χ4n) is 2.08. The molecule has 5 nitrogen and oxygen atoms in total.